The Kier molecular flexibility index (Phi) is 7.65. The number of carbonyl (C=O) groups is 2. The molecule has 11 heteroatoms. The van der Waals surface area contributed by atoms with Crippen LogP contribution in [0.15, 0.2) is 36.7 Å². The molecular formula is C26H32FN5O4S. The number of fused-ring (bicyclic) bond motifs is 1. The number of amides is 2. The Morgan fingerprint density at radius 1 is 1.27 bits per heavy atom. The molecule has 3 atom stereocenters. The van der Waals surface area contributed by atoms with E-state index in [4.69, 9.17) is 4.74 Å². The van der Waals surface area contributed by atoms with Crippen LogP contribution in [-0.4, -0.2) is 74.8 Å². The van der Waals surface area contributed by atoms with Crippen molar-refractivity contribution in [3.05, 3.63) is 47.4 Å². The van der Waals surface area contributed by atoms with Crippen LogP contribution in [0, 0.1) is 11.7 Å². The predicted molar refractivity (Wildman–Crippen MR) is 141 cm³/mol. The average Bonchev–Trinajstić information content (AvgIpc) is 3.28. The molecule has 2 N–H and O–H groups in total. The summed E-state index contributed by atoms with van der Waals surface area (Å²) in [5.41, 5.74) is 0.0555. The summed E-state index contributed by atoms with van der Waals surface area (Å²) in [6.07, 6.45) is 0.730. The highest BCUT2D eigenvalue weighted by atomic mass is 32.1. The van der Waals surface area contributed by atoms with Gasteiger partial charge in [0.1, 0.15) is 28.4 Å². The molecule has 3 aromatic rings. The van der Waals surface area contributed by atoms with E-state index in [2.05, 4.69) is 15.3 Å². The number of anilines is 2. The Balaban J connectivity index is 1.45. The molecule has 9 nitrogen and oxygen atoms in total. The molecule has 198 valence electrons. The van der Waals surface area contributed by atoms with E-state index < -0.39 is 17.8 Å². The molecule has 1 saturated heterocycles. The van der Waals surface area contributed by atoms with Crippen molar-refractivity contribution in [3.63, 3.8) is 0 Å². The molecule has 1 unspecified atom stereocenters. The lowest BCUT2D eigenvalue weighted by Crippen LogP contribution is -2.53. The number of aromatic nitrogens is 2. The van der Waals surface area contributed by atoms with E-state index in [0.717, 1.165) is 0 Å². The predicted octanol–water partition coefficient (Wildman–Crippen LogP) is 4.65. The van der Waals surface area contributed by atoms with Gasteiger partial charge in [0, 0.05) is 31.2 Å². The smallest absolute Gasteiger partial charge is 0.410 e. The summed E-state index contributed by atoms with van der Waals surface area (Å²) in [6.45, 7) is 7.92. The molecule has 1 fully saturated rings. The Labute approximate surface area is 219 Å². The van der Waals surface area contributed by atoms with Crippen molar-refractivity contribution in [2.24, 2.45) is 5.92 Å². The van der Waals surface area contributed by atoms with Crippen LogP contribution in [0.25, 0.3) is 10.2 Å². The Morgan fingerprint density at radius 2 is 1.97 bits per heavy atom. The van der Waals surface area contributed by atoms with Crippen molar-refractivity contribution in [3.8, 4) is 0 Å². The van der Waals surface area contributed by atoms with Gasteiger partial charge in [-0.25, -0.2) is 19.2 Å². The lowest BCUT2D eigenvalue weighted by Gasteiger charge is -2.41. The molecule has 3 heterocycles. The van der Waals surface area contributed by atoms with Crippen LogP contribution in [0.3, 0.4) is 0 Å². The Hall–Kier alpha value is -3.31. The van der Waals surface area contributed by atoms with Crippen molar-refractivity contribution in [2.75, 3.05) is 25.5 Å². The van der Waals surface area contributed by atoms with E-state index >= 15 is 0 Å². The molecule has 4 rings (SSSR count). The summed E-state index contributed by atoms with van der Waals surface area (Å²) in [6, 6.07) is 7.40. The maximum absolute atomic E-state index is 13.4. The topological polar surface area (TPSA) is 108 Å². The number of thiophene rings is 1. The van der Waals surface area contributed by atoms with E-state index in [9.17, 15) is 19.1 Å². The first-order chi connectivity index (χ1) is 17.4. The minimum Gasteiger partial charge on any atom is -0.444 e. The third-order valence-corrected chi connectivity index (χ3v) is 7.51. The van der Waals surface area contributed by atoms with Crippen molar-refractivity contribution in [1.29, 1.82) is 0 Å². The number of halogens is 1. The molecule has 0 aliphatic carbocycles. The fourth-order valence-electron chi connectivity index (χ4n) is 4.38. The molecule has 0 saturated carbocycles. The molecule has 1 aliphatic rings. The van der Waals surface area contributed by atoms with Gasteiger partial charge in [-0.15, -0.1) is 11.3 Å². The zero-order valence-corrected chi connectivity index (χ0v) is 22.4. The van der Waals surface area contributed by atoms with Crippen molar-refractivity contribution in [1.82, 2.24) is 19.8 Å². The lowest BCUT2D eigenvalue weighted by molar-refractivity contribution is -0.0273. The molecule has 2 amide bonds. The summed E-state index contributed by atoms with van der Waals surface area (Å²) >= 11 is 1.26. The van der Waals surface area contributed by atoms with E-state index in [1.54, 1.807) is 50.9 Å². The molecule has 1 aromatic carbocycles. The number of benzene rings is 1. The zero-order chi connectivity index (χ0) is 26.9. The van der Waals surface area contributed by atoms with Gasteiger partial charge in [0.25, 0.3) is 5.91 Å². The number of carbonyl (C=O) groups excluding carboxylic acids is 2. The SMILES string of the molecule is CC([C@@H]1CCN(C(=O)OC(C)(C)C)C[C@H]1O)N(C)C(=O)c1cc2c(Nc3ccc(F)cc3)ncnc2s1. The largest absolute Gasteiger partial charge is 0.444 e. The van der Waals surface area contributed by atoms with Gasteiger partial charge in [0.05, 0.1) is 22.9 Å². The lowest BCUT2D eigenvalue weighted by atomic mass is 9.87. The fraction of sp³-hybridized carbons (Fsp3) is 0.462. The van der Waals surface area contributed by atoms with Gasteiger partial charge in [-0.05, 0) is 64.4 Å². The number of aliphatic hydroxyl groups excluding tert-OH is 1. The standard InChI is InChI=1S/C26H32FN5O4S/c1-15(18-10-11-32(13-20(18)33)25(35)36-26(2,3)4)31(5)24(34)21-12-19-22(28-14-29-23(19)37-21)30-17-8-6-16(27)7-9-17/h6-9,12,14-15,18,20,33H,10-11,13H2,1-5H3,(H,28,29,30)/t15?,18-,20+/m0/s1. The van der Waals surface area contributed by atoms with Crippen molar-refractivity contribution >= 4 is 45.1 Å². The van der Waals surface area contributed by atoms with Gasteiger partial charge in [0.2, 0.25) is 0 Å². The van der Waals surface area contributed by atoms with E-state index in [1.165, 1.54) is 34.7 Å². The molecule has 0 radical (unpaired) electrons. The number of aliphatic hydroxyl groups is 1. The number of hydrogen-bond acceptors (Lipinski definition) is 8. The first-order valence-electron chi connectivity index (χ1n) is 12.1. The minimum absolute atomic E-state index is 0.156. The number of rotatable bonds is 5. The van der Waals surface area contributed by atoms with Crippen LogP contribution in [0.4, 0.5) is 20.7 Å². The molecule has 0 bridgehead atoms. The summed E-state index contributed by atoms with van der Waals surface area (Å²) in [5.74, 6) is -0.199. The van der Waals surface area contributed by atoms with Gasteiger partial charge < -0.3 is 25.0 Å². The minimum atomic E-state index is -0.786. The number of nitrogens with one attached hydrogen (secondary N) is 1. The summed E-state index contributed by atoms with van der Waals surface area (Å²) in [7, 11) is 1.72. The maximum Gasteiger partial charge on any atom is 0.410 e. The summed E-state index contributed by atoms with van der Waals surface area (Å²) in [4.78, 5) is 38.7. The monoisotopic (exact) mass is 529 g/mol. The van der Waals surface area contributed by atoms with E-state index in [-0.39, 0.29) is 30.2 Å². The number of ether oxygens (including phenoxy) is 1. The number of nitrogens with zero attached hydrogens (tertiary/aromatic N) is 4. The molecule has 2 aromatic heterocycles. The molecule has 1 aliphatic heterocycles. The number of piperidine rings is 1. The maximum atomic E-state index is 13.4. The number of likely N-dealkylation sites (tertiary alicyclic amines) is 1. The van der Waals surface area contributed by atoms with E-state index in [0.29, 0.717) is 39.6 Å². The van der Waals surface area contributed by atoms with Crippen molar-refractivity contribution < 1.29 is 23.8 Å². The molecular weight excluding hydrogens is 497 g/mol. The Morgan fingerprint density at radius 3 is 2.62 bits per heavy atom. The highest BCUT2D eigenvalue weighted by Gasteiger charge is 2.37. The second-order valence-electron chi connectivity index (χ2n) is 10.3. The number of hydrogen-bond donors (Lipinski definition) is 2. The van der Waals surface area contributed by atoms with Gasteiger partial charge >= 0.3 is 6.09 Å². The van der Waals surface area contributed by atoms with Gasteiger partial charge in [0.15, 0.2) is 0 Å². The zero-order valence-electron chi connectivity index (χ0n) is 21.6. The van der Waals surface area contributed by atoms with E-state index in [1.807, 2.05) is 6.92 Å². The highest BCUT2D eigenvalue weighted by Crippen LogP contribution is 2.32. The Bertz CT molecular complexity index is 1280. The summed E-state index contributed by atoms with van der Waals surface area (Å²) < 4.78 is 18.7. The van der Waals surface area contributed by atoms with Gasteiger partial charge in [-0.2, -0.15) is 0 Å². The van der Waals surface area contributed by atoms with Gasteiger partial charge in [-0.3, -0.25) is 4.79 Å². The van der Waals surface area contributed by atoms with Crippen LogP contribution in [-0.2, 0) is 4.74 Å². The summed E-state index contributed by atoms with van der Waals surface area (Å²) in [5, 5.41) is 14.7. The van der Waals surface area contributed by atoms with Crippen LogP contribution in [0.5, 0.6) is 0 Å². The molecule has 0 spiro atoms. The second kappa shape index (κ2) is 10.6. The van der Waals surface area contributed by atoms with Gasteiger partial charge in [-0.1, -0.05) is 0 Å². The van der Waals surface area contributed by atoms with Crippen LogP contribution in [0.1, 0.15) is 43.8 Å². The fourth-order valence-corrected chi connectivity index (χ4v) is 5.36. The number of β-amino-alcohol motifs (C(OH)–C–C–N with tert-alkyl or cyclic N) is 1. The molecule has 37 heavy (non-hydrogen) atoms. The highest BCUT2D eigenvalue weighted by molar-refractivity contribution is 7.20. The average molecular weight is 530 g/mol. The van der Waals surface area contributed by atoms with Crippen LogP contribution < -0.4 is 5.32 Å². The third-order valence-electron chi connectivity index (χ3n) is 6.48. The van der Waals surface area contributed by atoms with Crippen LogP contribution >= 0.6 is 11.3 Å². The second-order valence-corrected chi connectivity index (χ2v) is 11.3. The first kappa shape index (κ1) is 26.7. The van der Waals surface area contributed by atoms with Crippen molar-refractivity contribution in [2.45, 2.75) is 51.9 Å². The normalized spacial score (nSPS) is 18.9. The first-order valence-corrected chi connectivity index (χ1v) is 12.9. The quantitative estimate of drug-likeness (QED) is 0.495. The third kappa shape index (κ3) is 6.16. The van der Waals surface area contributed by atoms with Crippen LogP contribution in [0.2, 0.25) is 0 Å².